The van der Waals surface area contributed by atoms with Crippen LogP contribution in [0.5, 0.6) is 5.75 Å². The quantitative estimate of drug-likeness (QED) is 0.307. The van der Waals surface area contributed by atoms with E-state index in [1.54, 1.807) is 54.6 Å². The zero-order chi connectivity index (χ0) is 23.5. The number of nitrogens with zero attached hydrogens (tertiary/aromatic N) is 1. The van der Waals surface area contributed by atoms with Crippen molar-refractivity contribution in [3.63, 3.8) is 0 Å². The molecule has 1 amide bonds. The Kier molecular flexibility index (Phi) is 6.27. The van der Waals surface area contributed by atoms with Crippen LogP contribution in [0, 0.1) is 12.7 Å². The first kappa shape index (κ1) is 22.3. The Morgan fingerprint density at radius 1 is 1.03 bits per heavy atom. The molecule has 6 heteroatoms. The van der Waals surface area contributed by atoms with Crippen molar-refractivity contribution in [3.05, 3.63) is 101 Å². The van der Waals surface area contributed by atoms with Crippen LogP contribution in [0.3, 0.4) is 0 Å². The van der Waals surface area contributed by atoms with Crippen LogP contribution in [-0.4, -0.2) is 23.4 Å². The predicted octanol–water partition coefficient (Wildman–Crippen LogP) is 5.55. The summed E-state index contributed by atoms with van der Waals surface area (Å²) < 4.78 is 20.6. The number of aryl methyl sites for hydroxylation is 1. The molecule has 0 radical (unpaired) electrons. The molecule has 0 saturated carbocycles. The Hall–Kier alpha value is -3.93. The molecular formula is C27H24FNO4. The third-order valence-electron chi connectivity index (χ3n) is 5.59. The van der Waals surface area contributed by atoms with Gasteiger partial charge in [-0.1, -0.05) is 43.3 Å². The number of carbonyl (C=O) groups excluding carboxylic acids is 2. The lowest BCUT2D eigenvalue weighted by atomic mass is 9.94. The largest absolute Gasteiger partial charge is 0.507 e. The monoisotopic (exact) mass is 445 g/mol. The normalized spacial score (nSPS) is 17.4. The number of anilines is 1. The zero-order valence-electron chi connectivity index (χ0n) is 18.4. The Bertz CT molecular complexity index is 1240. The first-order valence-electron chi connectivity index (χ1n) is 10.8. The van der Waals surface area contributed by atoms with Crippen LogP contribution in [0.15, 0.2) is 78.4 Å². The van der Waals surface area contributed by atoms with Crippen molar-refractivity contribution in [2.45, 2.75) is 26.3 Å². The summed E-state index contributed by atoms with van der Waals surface area (Å²) in [5, 5.41) is 11.2. The van der Waals surface area contributed by atoms with Crippen LogP contribution in [0.2, 0.25) is 0 Å². The predicted molar refractivity (Wildman–Crippen MR) is 125 cm³/mol. The van der Waals surface area contributed by atoms with Gasteiger partial charge in [-0.2, -0.15) is 0 Å². The second kappa shape index (κ2) is 9.28. The Labute approximate surface area is 191 Å². The van der Waals surface area contributed by atoms with Gasteiger partial charge in [-0.15, -0.1) is 0 Å². The van der Waals surface area contributed by atoms with E-state index in [2.05, 4.69) is 0 Å². The molecule has 33 heavy (non-hydrogen) atoms. The number of hydrogen-bond donors (Lipinski definition) is 1. The summed E-state index contributed by atoms with van der Waals surface area (Å²) in [6.45, 7) is 4.39. The lowest BCUT2D eigenvalue weighted by molar-refractivity contribution is -0.132. The number of aliphatic hydroxyl groups excluding tert-OH is 1. The molecule has 1 atom stereocenters. The van der Waals surface area contributed by atoms with Crippen molar-refractivity contribution >= 4 is 23.1 Å². The van der Waals surface area contributed by atoms with Crippen LogP contribution >= 0.6 is 0 Å². The summed E-state index contributed by atoms with van der Waals surface area (Å²) in [7, 11) is 0. The molecule has 3 aromatic carbocycles. The molecule has 0 spiro atoms. The molecule has 1 N–H and O–H groups in total. The van der Waals surface area contributed by atoms with Crippen LogP contribution < -0.4 is 9.64 Å². The lowest BCUT2D eigenvalue weighted by Crippen LogP contribution is -2.29. The van der Waals surface area contributed by atoms with E-state index in [4.69, 9.17) is 4.74 Å². The molecule has 0 aromatic heterocycles. The molecule has 4 rings (SSSR count). The fraction of sp³-hybridized carbons (Fsp3) is 0.185. The van der Waals surface area contributed by atoms with Crippen molar-refractivity contribution in [2.75, 3.05) is 11.5 Å². The number of para-hydroxylation sites is 1. The topological polar surface area (TPSA) is 66.8 Å². The number of benzene rings is 3. The van der Waals surface area contributed by atoms with Gasteiger partial charge in [0.25, 0.3) is 11.7 Å². The van der Waals surface area contributed by atoms with Gasteiger partial charge < -0.3 is 9.84 Å². The van der Waals surface area contributed by atoms with Gasteiger partial charge in [-0.25, -0.2) is 4.39 Å². The maximum Gasteiger partial charge on any atom is 0.300 e. The molecule has 1 aliphatic rings. The average Bonchev–Trinajstić information content (AvgIpc) is 3.09. The minimum absolute atomic E-state index is 0.127. The number of carbonyl (C=O) groups is 2. The number of aliphatic hydroxyl groups is 1. The van der Waals surface area contributed by atoms with E-state index in [9.17, 15) is 19.1 Å². The first-order chi connectivity index (χ1) is 15.9. The third-order valence-corrected chi connectivity index (χ3v) is 5.59. The molecule has 3 aromatic rings. The van der Waals surface area contributed by atoms with E-state index < -0.39 is 23.5 Å². The number of Topliss-reactive ketones (excluding diaryl/α,β-unsaturated/α-hetero) is 1. The van der Waals surface area contributed by atoms with Crippen molar-refractivity contribution in [3.8, 4) is 5.75 Å². The maximum absolute atomic E-state index is 14.9. The summed E-state index contributed by atoms with van der Waals surface area (Å²) in [6.07, 6.45) is 0.854. The van der Waals surface area contributed by atoms with Crippen molar-refractivity contribution < 1.29 is 23.8 Å². The molecule has 1 unspecified atom stereocenters. The highest BCUT2D eigenvalue weighted by molar-refractivity contribution is 6.51. The SMILES string of the molecule is CCCOc1ccc(/C(O)=C2\C(=O)C(=O)N(c3ccccc3)C2c2ccccc2F)cc1C. The Balaban J connectivity index is 1.89. The fourth-order valence-electron chi connectivity index (χ4n) is 4.00. The second-order valence-electron chi connectivity index (χ2n) is 7.85. The van der Waals surface area contributed by atoms with Gasteiger partial charge in [0, 0.05) is 16.8 Å². The molecular weight excluding hydrogens is 421 g/mol. The summed E-state index contributed by atoms with van der Waals surface area (Å²) in [4.78, 5) is 27.4. The summed E-state index contributed by atoms with van der Waals surface area (Å²) in [5.74, 6) is -1.95. The lowest BCUT2D eigenvalue weighted by Gasteiger charge is -2.25. The van der Waals surface area contributed by atoms with E-state index >= 15 is 0 Å². The molecule has 1 fully saturated rings. The highest BCUT2D eigenvalue weighted by Gasteiger charge is 2.47. The smallest absolute Gasteiger partial charge is 0.300 e. The summed E-state index contributed by atoms with van der Waals surface area (Å²) in [6, 6.07) is 18.4. The number of rotatable bonds is 6. The second-order valence-corrected chi connectivity index (χ2v) is 7.85. The van der Waals surface area contributed by atoms with Gasteiger partial charge in [0.15, 0.2) is 0 Å². The van der Waals surface area contributed by atoms with Gasteiger partial charge in [0.1, 0.15) is 17.3 Å². The van der Waals surface area contributed by atoms with E-state index in [-0.39, 0.29) is 16.9 Å². The third kappa shape index (κ3) is 4.12. The van der Waals surface area contributed by atoms with Crippen LogP contribution in [0.1, 0.15) is 36.1 Å². The van der Waals surface area contributed by atoms with Crippen LogP contribution in [0.4, 0.5) is 10.1 Å². The summed E-state index contributed by atoms with van der Waals surface area (Å²) >= 11 is 0. The highest BCUT2D eigenvalue weighted by Crippen LogP contribution is 2.43. The zero-order valence-corrected chi connectivity index (χ0v) is 18.4. The molecule has 1 aliphatic heterocycles. The van der Waals surface area contributed by atoms with Gasteiger partial charge in [0.2, 0.25) is 0 Å². The fourth-order valence-corrected chi connectivity index (χ4v) is 4.00. The van der Waals surface area contributed by atoms with Crippen molar-refractivity contribution in [1.29, 1.82) is 0 Å². The number of hydrogen-bond acceptors (Lipinski definition) is 4. The number of halogens is 1. The molecule has 168 valence electrons. The average molecular weight is 445 g/mol. The van der Waals surface area contributed by atoms with E-state index in [1.807, 2.05) is 13.8 Å². The molecule has 0 aliphatic carbocycles. The molecule has 1 saturated heterocycles. The molecule has 5 nitrogen and oxygen atoms in total. The minimum Gasteiger partial charge on any atom is -0.507 e. The highest BCUT2D eigenvalue weighted by atomic mass is 19.1. The Morgan fingerprint density at radius 3 is 2.39 bits per heavy atom. The number of ketones is 1. The minimum atomic E-state index is -1.11. The van der Waals surface area contributed by atoms with Crippen LogP contribution in [0.25, 0.3) is 5.76 Å². The van der Waals surface area contributed by atoms with Crippen molar-refractivity contribution in [1.82, 2.24) is 0 Å². The van der Waals surface area contributed by atoms with Gasteiger partial charge in [-0.05, 0) is 55.3 Å². The Morgan fingerprint density at radius 2 is 1.73 bits per heavy atom. The van der Waals surface area contributed by atoms with Gasteiger partial charge in [0.05, 0.1) is 18.2 Å². The van der Waals surface area contributed by atoms with E-state index in [0.717, 1.165) is 12.0 Å². The standard InChI is InChI=1S/C27H24FNO4/c1-3-15-33-22-14-13-18(16-17(22)2)25(30)23-24(20-11-7-8-12-21(20)28)29(27(32)26(23)31)19-9-5-4-6-10-19/h4-14,16,24,30H,3,15H2,1-2H3/b25-23+. The van der Waals surface area contributed by atoms with E-state index in [0.29, 0.717) is 23.6 Å². The van der Waals surface area contributed by atoms with Gasteiger partial charge in [-0.3, -0.25) is 14.5 Å². The number of ether oxygens (including phenoxy) is 1. The molecule has 1 heterocycles. The van der Waals surface area contributed by atoms with Crippen molar-refractivity contribution in [2.24, 2.45) is 0 Å². The molecule has 0 bridgehead atoms. The van der Waals surface area contributed by atoms with Gasteiger partial charge >= 0.3 is 0 Å². The first-order valence-corrected chi connectivity index (χ1v) is 10.8. The maximum atomic E-state index is 14.9. The van der Waals surface area contributed by atoms with E-state index in [1.165, 1.54) is 23.1 Å². The number of amides is 1. The summed E-state index contributed by atoms with van der Waals surface area (Å²) in [5.41, 5.74) is 1.53. The van der Waals surface area contributed by atoms with Crippen LogP contribution in [-0.2, 0) is 9.59 Å².